The second-order valence-electron chi connectivity index (χ2n) is 19.5. The molecule has 7 rings (SSSR count). The number of hydrogen-bond acceptors (Lipinski definition) is 10. The Kier molecular flexibility index (Phi) is 12.2. The number of fused-ring (bicyclic) bond motifs is 2. The maximum absolute atomic E-state index is 14.8. The van der Waals surface area contributed by atoms with Gasteiger partial charge in [0.25, 0.3) is 0 Å². The van der Waals surface area contributed by atoms with Crippen LogP contribution in [0.1, 0.15) is 98.6 Å². The Morgan fingerprint density at radius 3 is 2.41 bits per heavy atom. The lowest BCUT2D eigenvalue weighted by Crippen LogP contribution is -2.48. The van der Waals surface area contributed by atoms with E-state index in [9.17, 15) is 24.3 Å². The number of amides is 1. The highest BCUT2D eigenvalue weighted by Gasteiger charge is 2.61. The fourth-order valence-electron chi connectivity index (χ4n) is 9.46. The molecule has 59 heavy (non-hydrogen) atoms. The smallest absolute Gasteiger partial charge is 0.310 e. The van der Waals surface area contributed by atoms with E-state index in [-0.39, 0.29) is 49.5 Å². The average molecular weight is 814 g/mol. The van der Waals surface area contributed by atoms with Gasteiger partial charge >= 0.3 is 11.9 Å². The number of likely N-dealkylation sites (N-methyl/N-ethyl adjacent to an activating group) is 1. The quantitative estimate of drug-likeness (QED) is 0.136. The Bertz CT molecular complexity index is 2050. The van der Waals surface area contributed by atoms with E-state index in [1.165, 1.54) is 6.42 Å². The highest BCUT2D eigenvalue weighted by atomic mass is 16.5. The van der Waals surface area contributed by atoms with Crippen LogP contribution in [0.25, 0.3) is 16.7 Å². The summed E-state index contributed by atoms with van der Waals surface area (Å²) in [5.74, 6) is 0.574. The molecule has 3 heterocycles. The molecule has 1 saturated heterocycles. The molecule has 1 N–H and O–H groups in total. The van der Waals surface area contributed by atoms with Crippen LogP contribution in [0, 0.1) is 40.4 Å². The number of rotatable bonds is 18. The summed E-state index contributed by atoms with van der Waals surface area (Å²) in [6.45, 7) is 13.3. The number of carbonyl (C=O) groups excluding carboxylic acids is 3. The van der Waals surface area contributed by atoms with Crippen LogP contribution in [0.2, 0.25) is 0 Å². The van der Waals surface area contributed by atoms with E-state index in [0.717, 1.165) is 36.9 Å². The van der Waals surface area contributed by atoms with Crippen LogP contribution in [0.5, 0.6) is 11.5 Å². The molecule has 3 aromatic rings. The maximum atomic E-state index is 14.8. The van der Waals surface area contributed by atoms with Crippen molar-refractivity contribution >= 4 is 34.5 Å². The molecule has 2 unspecified atom stereocenters. The summed E-state index contributed by atoms with van der Waals surface area (Å²) in [5, 5.41) is 15.8. The second-order valence-corrected chi connectivity index (χ2v) is 19.5. The minimum absolute atomic E-state index is 0.0886. The van der Waals surface area contributed by atoms with Crippen molar-refractivity contribution in [2.24, 2.45) is 40.4 Å². The molecular weight excluding hydrogens is 751 g/mol. The van der Waals surface area contributed by atoms with E-state index >= 15 is 0 Å². The summed E-state index contributed by atoms with van der Waals surface area (Å²) >= 11 is 0. The Morgan fingerprint density at radius 1 is 1.02 bits per heavy atom. The van der Waals surface area contributed by atoms with Gasteiger partial charge in [-0.1, -0.05) is 48.0 Å². The van der Waals surface area contributed by atoms with Gasteiger partial charge in [-0.15, -0.1) is 0 Å². The second kappa shape index (κ2) is 16.9. The molecule has 1 amide bonds. The third kappa shape index (κ3) is 9.60. The Hall–Kier alpha value is -4.52. The molecule has 0 spiro atoms. The van der Waals surface area contributed by atoms with E-state index < -0.39 is 40.8 Å². The molecule has 2 aromatic heterocycles. The third-order valence-electron chi connectivity index (χ3n) is 13.1. The zero-order chi connectivity index (χ0) is 42.4. The largest absolute Gasteiger partial charge is 0.492 e. The van der Waals surface area contributed by atoms with Crippen molar-refractivity contribution in [3.05, 3.63) is 42.2 Å². The number of pyridine rings is 1. The van der Waals surface area contributed by atoms with Crippen molar-refractivity contribution in [1.29, 1.82) is 0 Å². The normalized spacial score (nSPS) is 26.6. The molecule has 3 aliphatic carbocycles. The summed E-state index contributed by atoms with van der Waals surface area (Å²) in [6, 6.07) is 8.56. The van der Waals surface area contributed by atoms with Crippen molar-refractivity contribution in [3.63, 3.8) is 0 Å². The number of esters is 1. The van der Waals surface area contributed by atoms with E-state index in [1.807, 2.05) is 83.2 Å². The molecule has 4 aliphatic rings. The summed E-state index contributed by atoms with van der Waals surface area (Å²) in [7, 11) is 3.98. The molecule has 1 aliphatic heterocycles. The lowest BCUT2D eigenvalue weighted by Gasteiger charge is -2.35. The van der Waals surface area contributed by atoms with E-state index in [0.29, 0.717) is 60.0 Å². The molecule has 13 heteroatoms. The van der Waals surface area contributed by atoms with Crippen molar-refractivity contribution in [1.82, 2.24) is 24.6 Å². The van der Waals surface area contributed by atoms with Gasteiger partial charge in [-0.3, -0.25) is 19.2 Å². The maximum Gasteiger partial charge on any atom is 0.310 e. The van der Waals surface area contributed by atoms with Crippen LogP contribution in [0.4, 0.5) is 0 Å². The number of Topliss-reactive ketones (excluding diaryl/α,β-unsaturated/α-hetero) is 1. The monoisotopic (exact) mass is 813 g/mol. The van der Waals surface area contributed by atoms with Gasteiger partial charge in [-0.2, -0.15) is 5.10 Å². The van der Waals surface area contributed by atoms with E-state index in [2.05, 4.69) is 13.8 Å². The highest BCUT2D eigenvalue weighted by molar-refractivity contribution is 5.95. The number of ketones is 1. The summed E-state index contributed by atoms with van der Waals surface area (Å²) in [4.78, 5) is 63.8. The molecular formula is C46H63N5O8. The van der Waals surface area contributed by atoms with Crippen LogP contribution in [0.15, 0.2) is 36.5 Å². The van der Waals surface area contributed by atoms with Crippen molar-refractivity contribution in [2.75, 3.05) is 33.8 Å². The first-order chi connectivity index (χ1) is 27.9. The van der Waals surface area contributed by atoms with Gasteiger partial charge in [0.2, 0.25) is 5.91 Å². The first-order valence-corrected chi connectivity index (χ1v) is 21.6. The lowest BCUT2D eigenvalue weighted by atomic mass is 9.77. The fraction of sp³-hybridized carbons (Fsp3) is 0.652. The lowest BCUT2D eigenvalue weighted by molar-refractivity contribution is -0.157. The first kappa shape index (κ1) is 42.6. The number of carboxylic acids is 1. The van der Waals surface area contributed by atoms with E-state index in [1.54, 1.807) is 9.58 Å². The summed E-state index contributed by atoms with van der Waals surface area (Å²) in [5.41, 5.74) is -0.190. The number of ether oxygens (including phenoxy) is 3. The summed E-state index contributed by atoms with van der Waals surface area (Å²) < 4.78 is 20.5. The van der Waals surface area contributed by atoms with Gasteiger partial charge in [-0.25, -0.2) is 9.67 Å². The number of likely N-dealkylation sites (tertiary alicyclic amines) is 1. The molecule has 8 atom stereocenters. The number of aromatic nitrogens is 3. The number of carbonyl (C=O) groups is 4. The highest BCUT2D eigenvalue weighted by Crippen LogP contribution is 2.58. The van der Waals surface area contributed by atoms with Crippen molar-refractivity contribution < 1.29 is 38.5 Å². The molecule has 4 fully saturated rings. The minimum Gasteiger partial charge on any atom is -0.492 e. The number of benzene rings is 1. The molecule has 13 nitrogen and oxygen atoms in total. The predicted octanol–water partition coefficient (Wildman–Crippen LogP) is 6.76. The van der Waals surface area contributed by atoms with Gasteiger partial charge in [0.15, 0.2) is 11.6 Å². The first-order valence-electron chi connectivity index (χ1n) is 21.6. The summed E-state index contributed by atoms with van der Waals surface area (Å²) in [6.07, 6.45) is 5.94. The van der Waals surface area contributed by atoms with E-state index in [4.69, 9.17) is 24.3 Å². The van der Waals surface area contributed by atoms with Crippen LogP contribution >= 0.6 is 0 Å². The predicted molar refractivity (Wildman–Crippen MR) is 222 cm³/mol. The van der Waals surface area contributed by atoms with Crippen LogP contribution in [-0.4, -0.2) is 105 Å². The van der Waals surface area contributed by atoms with Crippen molar-refractivity contribution in [3.8, 4) is 17.3 Å². The minimum atomic E-state index is -1.13. The van der Waals surface area contributed by atoms with Gasteiger partial charge in [0, 0.05) is 43.1 Å². The van der Waals surface area contributed by atoms with Gasteiger partial charge < -0.3 is 29.1 Å². The number of nitrogens with zero attached hydrogens (tertiary/aromatic N) is 5. The Morgan fingerprint density at radius 2 is 1.76 bits per heavy atom. The third-order valence-corrected chi connectivity index (χ3v) is 13.1. The van der Waals surface area contributed by atoms with Crippen LogP contribution in [-0.2, 0) is 30.3 Å². The van der Waals surface area contributed by atoms with Crippen LogP contribution < -0.4 is 9.47 Å². The zero-order valence-corrected chi connectivity index (χ0v) is 36.1. The zero-order valence-electron chi connectivity index (χ0n) is 36.1. The van der Waals surface area contributed by atoms with Gasteiger partial charge in [0.1, 0.15) is 30.3 Å². The van der Waals surface area contributed by atoms with Gasteiger partial charge in [0.05, 0.1) is 41.6 Å². The average Bonchev–Trinajstić information content (AvgIpc) is 3.83. The number of carboxylic acid groups (broad SMARTS) is 1. The van der Waals surface area contributed by atoms with Gasteiger partial charge in [-0.05, 0) is 93.5 Å². The molecule has 320 valence electrons. The molecule has 0 radical (unpaired) electrons. The molecule has 3 saturated carbocycles. The number of aliphatic carboxylic acids is 1. The Labute approximate surface area is 348 Å². The topological polar surface area (TPSA) is 153 Å². The molecule has 0 bridgehead atoms. The SMILES string of the molecule is CC[C@@H]1C[C@]1(CC(=O)C1C[C@@H](Oc2cc(-n3ccc(CC(C)C)n3)nc3cc(OCCN(C)C)ccc23)CN1C(=O)[C@@H](CC(=O)OC1C[C@@H]2C[C@@H]2C1)C(C)(C)C)C(=O)O. The Balaban J connectivity index is 1.19. The standard InChI is InChI=1S/C46H63N5O8/c1-9-30-24-46(30,44(55)56)25-39(52)38-21-34(26-50(38)43(54)36(45(4,5)6)22-42(53)59-33-18-28-17-29(28)19-33)58-40-23-41(51-13-12-31(48-51)16-27(2)3)47-37-20-32(10-11-35(37)40)57-15-14-49(7)8/h10-13,20,23,27-30,33-34,36,38H,9,14-19,21-22,24-26H2,1-8H3,(H,55,56)/t28-,29+,30-,33?,34-,36-,38?,46-/m1/s1. The number of hydrogen-bond donors (Lipinski definition) is 1. The van der Waals surface area contributed by atoms with Crippen LogP contribution in [0.3, 0.4) is 0 Å². The fourth-order valence-corrected chi connectivity index (χ4v) is 9.46. The van der Waals surface area contributed by atoms with Crippen molar-refractivity contribution in [2.45, 2.75) is 118 Å². The molecule has 1 aromatic carbocycles.